The fourth-order valence-electron chi connectivity index (χ4n) is 3.53. The average molecular weight is 423 g/mol. The summed E-state index contributed by atoms with van der Waals surface area (Å²) in [6.45, 7) is 0. The summed E-state index contributed by atoms with van der Waals surface area (Å²) < 4.78 is 0. The van der Waals surface area contributed by atoms with E-state index >= 15 is 0 Å². The van der Waals surface area contributed by atoms with E-state index in [4.69, 9.17) is 11.6 Å². The lowest BCUT2D eigenvalue weighted by molar-refractivity contribution is -0.112. The van der Waals surface area contributed by atoms with E-state index in [1.165, 1.54) is 0 Å². The Hall–Kier alpha value is -3.87. The molecule has 0 radical (unpaired) electrons. The van der Waals surface area contributed by atoms with Crippen LogP contribution in [0.1, 0.15) is 16.7 Å². The Balaban J connectivity index is 1.79. The molecular weight excluding hydrogens is 404 g/mol. The van der Waals surface area contributed by atoms with Crippen molar-refractivity contribution < 1.29 is 4.79 Å². The van der Waals surface area contributed by atoms with E-state index in [1.54, 1.807) is 18.2 Å². The third kappa shape index (κ3) is 4.66. The van der Waals surface area contributed by atoms with E-state index in [0.717, 1.165) is 27.5 Å². The van der Waals surface area contributed by atoms with Gasteiger partial charge in [-0.05, 0) is 58.2 Å². The normalized spacial score (nSPS) is 11.2. The van der Waals surface area contributed by atoms with Crippen LogP contribution in [0.3, 0.4) is 0 Å². The fraction of sp³-hybridized carbons (Fsp3) is 0.0370. The second kappa shape index (κ2) is 9.30. The van der Waals surface area contributed by atoms with Crippen molar-refractivity contribution in [2.24, 2.45) is 0 Å². The Bertz CT molecular complexity index is 1320. The van der Waals surface area contributed by atoms with Gasteiger partial charge in [-0.3, -0.25) is 4.79 Å². The Kier molecular flexibility index (Phi) is 6.12. The number of hydrogen-bond acceptors (Lipinski definition) is 2. The Labute approximate surface area is 186 Å². The summed E-state index contributed by atoms with van der Waals surface area (Å²) in [6.07, 6.45) is 2.27. The van der Waals surface area contributed by atoms with Crippen LogP contribution in [-0.2, 0) is 11.2 Å². The number of rotatable bonds is 5. The molecule has 4 heteroatoms. The predicted molar refractivity (Wildman–Crippen MR) is 127 cm³/mol. The number of hydrogen-bond donors (Lipinski definition) is 1. The molecule has 0 aliphatic rings. The van der Waals surface area contributed by atoms with Crippen molar-refractivity contribution in [2.45, 2.75) is 6.42 Å². The minimum atomic E-state index is -0.440. The van der Waals surface area contributed by atoms with Crippen molar-refractivity contribution in [3.63, 3.8) is 0 Å². The van der Waals surface area contributed by atoms with Crippen molar-refractivity contribution in [1.29, 1.82) is 5.26 Å². The fourth-order valence-corrected chi connectivity index (χ4v) is 3.73. The molecule has 4 aromatic rings. The maximum Gasteiger partial charge on any atom is 0.266 e. The van der Waals surface area contributed by atoms with Crippen LogP contribution in [0, 0.1) is 11.3 Å². The van der Waals surface area contributed by atoms with Crippen molar-refractivity contribution in [3.8, 4) is 6.07 Å². The van der Waals surface area contributed by atoms with Crippen molar-refractivity contribution >= 4 is 40.0 Å². The highest BCUT2D eigenvalue weighted by Gasteiger charge is 2.14. The van der Waals surface area contributed by atoms with Crippen LogP contribution in [-0.4, -0.2) is 5.91 Å². The lowest BCUT2D eigenvalue weighted by atomic mass is 9.93. The van der Waals surface area contributed by atoms with Gasteiger partial charge >= 0.3 is 0 Å². The second-order valence-electron chi connectivity index (χ2n) is 7.12. The highest BCUT2D eigenvalue weighted by molar-refractivity contribution is 6.31. The lowest BCUT2D eigenvalue weighted by Crippen LogP contribution is -2.13. The number of carbonyl (C=O) groups excluding carboxylic acids is 1. The molecule has 1 N–H and O–H groups in total. The molecule has 3 nitrogen and oxygen atoms in total. The van der Waals surface area contributed by atoms with Crippen molar-refractivity contribution in [1.82, 2.24) is 0 Å². The monoisotopic (exact) mass is 422 g/mol. The third-order valence-electron chi connectivity index (χ3n) is 5.09. The van der Waals surface area contributed by atoms with Gasteiger partial charge in [0.05, 0.1) is 0 Å². The summed E-state index contributed by atoms with van der Waals surface area (Å²) in [4.78, 5) is 12.8. The van der Waals surface area contributed by atoms with E-state index < -0.39 is 5.91 Å². The number of halogens is 1. The minimum Gasteiger partial charge on any atom is -0.321 e. The molecule has 0 heterocycles. The number of nitriles is 1. The number of fused-ring (bicyclic) bond motifs is 1. The SMILES string of the molecule is N#C/C(=C\c1c(Cc2ccccc2Cl)ccc2ccccc12)C(=O)Nc1ccccc1. The molecule has 0 saturated heterocycles. The summed E-state index contributed by atoms with van der Waals surface area (Å²) in [5.41, 5.74) is 3.51. The number of benzene rings is 4. The van der Waals surface area contributed by atoms with E-state index in [9.17, 15) is 10.1 Å². The first kappa shape index (κ1) is 20.4. The quantitative estimate of drug-likeness (QED) is 0.290. The Morgan fingerprint density at radius 2 is 1.58 bits per heavy atom. The Morgan fingerprint density at radius 1 is 0.871 bits per heavy atom. The van der Waals surface area contributed by atoms with Crippen LogP contribution in [0.4, 0.5) is 5.69 Å². The number of nitrogens with one attached hydrogen (secondary N) is 1. The molecule has 0 aliphatic carbocycles. The molecule has 0 fully saturated rings. The largest absolute Gasteiger partial charge is 0.321 e. The van der Waals surface area contributed by atoms with E-state index in [0.29, 0.717) is 17.1 Å². The molecule has 0 bridgehead atoms. The summed E-state index contributed by atoms with van der Waals surface area (Å²) in [6, 6.07) is 30.9. The molecule has 0 saturated carbocycles. The molecule has 0 spiro atoms. The van der Waals surface area contributed by atoms with Crippen LogP contribution in [0.15, 0.2) is 96.6 Å². The van der Waals surface area contributed by atoms with Gasteiger partial charge in [-0.2, -0.15) is 5.26 Å². The average Bonchev–Trinajstić information content (AvgIpc) is 2.80. The van der Waals surface area contributed by atoms with Crippen LogP contribution in [0.5, 0.6) is 0 Å². The van der Waals surface area contributed by atoms with Crippen LogP contribution >= 0.6 is 11.6 Å². The molecule has 0 unspecified atom stereocenters. The zero-order chi connectivity index (χ0) is 21.6. The van der Waals surface area contributed by atoms with E-state index in [1.807, 2.05) is 72.8 Å². The van der Waals surface area contributed by atoms with Gasteiger partial charge in [-0.1, -0.05) is 84.4 Å². The predicted octanol–water partition coefficient (Wildman–Crippen LogP) is 6.63. The number of carbonyl (C=O) groups is 1. The summed E-state index contributed by atoms with van der Waals surface area (Å²) in [7, 11) is 0. The first-order chi connectivity index (χ1) is 15.2. The molecular formula is C27H19ClN2O. The highest BCUT2D eigenvalue weighted by Crippen LogP contribution is 2.29. The van der Waals surface area contributed by atoms with Gasteiger partial charge in [-0.15, -0.1) is 0 Å². The highest BCUT2D eigenvalue weighted by atomic mass is 35.5. The molecule has 31 heavy (non-hydrogen) atoms. The van der Waals surface area contributed by atoms with Gasteiger partial charge < -0.3 is 5.32 Å². The minimum absolute atomic E-state index is 0.0422. The van der Waals surface area contributed by atoms with Crippen LogP contribution in [0.2, 0.25) is 5.02 Å². The molecule has 0 aromatic heterocycles. The summed E-state index contributed by atoms with van der Waals surface area (Å²) in [5.74, 6) is -0.440. The first-order valence-electron chi connectivity index (χ1n) is 9.88. The molecule has 4 aromatic carbocycles. The number of nitrogens with zero attached hydrogens (tertiary/aromatic N) is 1. The standard InChI is InChI=1S/C27H19ClN2O/c28-26-13-7-5-9-21(26)16-20-15-14-19-8-4-6-12-24(19)25(20)17-22(18-29)27(31)30-23-10-2-1-3-11-23/h1-15,17H,16H2,(H,30,31)/b22-17+. The lowest BCUT2D eigenvalue weighted by Gasteiger charge is -2.12. The Morgan fingerprint density at radius 3 is 2.35 bits per heavy atom. The number of anilines is 1. The van der Waals surface area contributed by atoms with Gasteiger partial charge in [0.2, 0.25) is 0 Å². The molecule has 0 atom stereocenters. The van der Waals surface area contributed by atoms with Crippen LogP contribution < -0.4 is 5.32 Å². The maximum atomic E-state index is 12.8. The van der Waals surface area contributed by atoms with Gasteiger partial charge in [-0.25, -0.2) is 0 Å². The summed E-state index contributed by atoms with van der Waals surface area (Å²) in [5, 5.41) is 15.2. The molecule has 150 valence electrons. The number of para-hydroxylation sites is 1. The van der Waals surface area contributed by atoms with Gasteiger partial charge in [0.1, 0.15) is 11.6 Å². The van der Waals surface area contributed by atoms with Gasteiger partial charge in [0.15, 0.2) is 0 Å². The van der Waals surface area contributed by atoms with Crippen LogP contribution in [0.25, 0.3) is 16.8 Å². The molecule has 1 amide bonds. The molecule has 4 rings (SSSR count). The van der Waals surface area contributed by atoms with Gasteiger partial charge in [0, 0.05) is 10.7 Å². The van der Waals surface area contributed by atoms with Gasteiger partial charge in [0.25, 0.3) is 5.91 Å². The maximum absolute atomic E-state index is 12.8. The zero-order valence-corrected chi connectivity index (χ0v) is 17.4. The van der Waals surface area contributed by atoms with E-state index in [-0.39, 0.29) is 5.57 Å². The first-order valence-corrected chi connectivity index (χ1v) is 10.3. The molecule has 0 aliphatic heterocycles. The number of amides is 1. The smallest absolute Gasteiger partial charge is 0.266 e. The van der Waals surface area contributed by atoms with E-state index in [2.05, 4.69) is 17.5 Å². The van der Waals surface area contributed by atoms with Crippen molar-refractivity contribution in [2.75, 3.05) is 5.32 Å². The summed E-state index contributed by atoms with van der Waals surface area (Å²) >= 11 is 6.39. The van der Waals surface area contributed by atoms with Crippen molar-refractivity contribution in [3.05, 3.63) is 118 Å². The topological polar surface area (TPSA) is 52.9 Å². The third-order valence-corrected chi connectivity index (χ3v) is 5.45. The zero-order valence-electron chi connectivity index (χ0n) is 16.7. The second-order valence-corrected chi connectivity index (χ2v) is 7.52.